The van der Waals surface area contributed by atoms with E-state index < -0.39 is 17.7 Å². The molecule has 0 aliphatic carbocycles. The molecule has 2 saturated heterocycles. The summed E-state index contributed by atoms with van der Waals surface area (Å²) in [4.78, 5) is 30.7. The Morgan fingerprint density at radius 2 is 1.77 bits per heavy atom. The van der Waals surface area contributed by atoms with Crippen molar-refractivity contribution in [1.82, 2.24) is 4.90 Å². The van der Waals surface area contributed by atoms with Crippen LogP contribution in [0.5, 0.6) is 5.75 Å². The summed E-state index contributed by atoms with van der Waals surface area (Å²) in [7, 11) is 0. The molecule has 39 heavy (non-hydrogen) atoms. The van der Waals surface area contributed by atoms with E-state index in [1.165, 1.54) is 0 Å². The summed E-state index contributed by atoms with van der Waals surface area (Å²) in [6.45, 7) is 15.6. The van der Waals surface area contributed by atoms with E-state index in [2.05, 4.69) is 39.5 Å². The Labute approximate surface area is 232 Å². The SMILES string of the molecule is CCOc1ccc(/C(O)=C2/C(=O)C(=O)N(CC3CCCO3)C2c2ccc(N(CC)CC)cc2)cc1C(C)(C)C. The van der Waals surface area contributed by atoms with Crippen LogP contribution in [0.25, 0.3) is 5.76 Å². The van der Waals surface area contributed by atoms with E-state index in [0.29, 0.717) is 25.3 Å². The highest BCUT2D eigenvalue weighted by Gasteiger charge is 2.47. The number of ether oxygens (including phenoxy) is 2. The van der Waals surface area contributed by atoms with Gasteiger partial charge in [0.2, 0.25) is 0 Å². The van der Waals surface area contributed by atoms with E-state index >= 15 is 0 Å². The molecule has 1 N–H and O–H groups in total. The number of benzene rings is 2. The first-order valence-electron chi connectivity index (χ1n) is 14.1. The molecule has 2 aromatic carbocycles. The molecule has 2 unspecified atom stereocenters. The summed E-state index contributed by atoms with van der Waals surface area (Å²) in [6.07, 6.45) is 1.64. The van der Waals surface area contributed by atoms with E-state index in [0.717, 1.165) is 48.5 Å². The quantitative estimate of drug-likeness (QED) is 0.248. The molecule has 7 heteroatoms. The monoisotopic (exact) mass is 534 g/mol. The molecular weight excluding hydrogens is 492 g/mol. The van der Waals surface area contributed by atoms with E-state index in [-0.39, 0.29) is 22.9 Å². The first-order chi connectivity index (χ1) is 18.6. The van der Waals surface area contributed by atoms with E-state index in [1.807, 2.05) is 43.3 Å². The molecule has 0 saturated carbocycles. The van der Waals surface area contributed by atoms with Gasteiger partial charge in [-0.25, -0.2) is 0 Å². The van der Waals surface area contributed by atoms with Crippen LogP contribution in [0.1, 0.15) is 77.1 Å². The van der Waals surface area contributed by atoms with Gasteiger partial charge in [-0.2, -0.15) is 0 Å². The second kappa shape index (κ2) is 11.8. The molecule has 2 heterocycles. The number of nitrogens with zero attached hydrogens (tertiary/aromatic N) is 2. The van der Waals surface area contributed by atoms with Gasteiger partial charge in [0, 0.05) is 43.1 Å². The molecule has 2 aliphatic heterocycles. The van der Waals surface area contributed by atoms with E-state index in [4.69, 9.17) is 9.47 Å². The number of aliphatic hydroxyl groups is 1. The third kappa shape index (κ3) is 5.83. The molecule has 7 nitrogen and oxygen atoms in total. The van der Waals surface area contributed by atoms with Crippen molar-refractivity contribution in [2.75, 3.05) is 37.7 Å². The molecule has 1 amide bonds. The van der Waals surface area contributed by atoms with Crippen molar-refractivity contribution in [3.63, 3.8) is 0 Å². The van der Waals surface area contributed by atoms with Crippen molar-refractivity contribution in [2.24, 2.45) is 0 Å². The van der Waals surface area contributed by atoms with Crippen LogP contribution in [0.2, 0.25) is 0 Å². The second-order valence-corrected chi connectivity index (χ2v) is 11.2. The number of hydrogen-bond donors (Lipinski definition) is 1. The predicted octanol–water partition coefficient (Wildman–Crippen LogP) is 5.83. The largest absolute Gasteiger partial charge is 0.507 e. The lowest BCUT2D eigenvalue weighted by molar-refractivity contribution is -0.140. The van der Waals surface area contributed by atoms with Crippen molar-refractivity contribution >= 4 is 23.1 Å². The number of amides is 1. The molecule has 0 spiro atoms. The van der Waals surface area contributed by atoms with Crippen LogP contribution in [0, 0.1) is 0 Å². The molecule has 2 atom stereocenters. The Kier molecular flexibility index (Phi) is 8.70. The van der Waals surface area contributed by atoms with Crippen LogP contribution in [0.15, 0.2) is 48.0 Å². The van der Waals surface area contributed by atoms with Gasteiger partial charge in [-0.05, 0) is 74.9 Å². The summed E-state index contributed by atoms with van der Waals surface area (Å²) in [5.41, 5.74) is 3.11. The number of aliphatic hydroxyl groups excluding tert-OH is 1. The van der Waals surface area contributed by atoms with Gasteiger partial charge < -0.3 is 24.4 Å². The number of carbonyl (C=O) groups excluding carboxylic acids is 2. The number of Topliss-reactive ketones (excluding diaryl/α,β-unsaturated/α-hetero) is 1. The van der Waals surface area contributed by atoms with Gasteiger partial charge >= 0.3 is 0 Å². The third-order valence-corrected chi connectivity index (χ3v) is 7.66. The zero-order valence-electron chi connectivity index (χ0n) is 24.1. The standard InChI is InChI=1S/C32H42N2O5/c1-7-33(8-2)23-15-12-21(13-16-23)28-27(30(36)31(37)34(28)20-24-11-10-18-39-24)29(35)22-14-17-26(38-9-3)25(19-22)32(4,5)6/h12-17,19,24,28,35H,7-11,18,20H2,1-6H3/b29-27-. The van der Waals surface area contributed by atoms with Crippen LogP contribution < -0.4 is 9.64 Å². The van der Waals surface area contributed by atoms with Gasteiger partial charge in [0.15, 0.2) is 0 Å². The number of hydrogen-bond acceptors (Lipinski definition) is 6. The fourth-order valence-electron chi connectivity index (χ4n) is 5.58. The van der Waals surface area contributed by atoms with Gasteiger partial charge in [-0.1, -0.05) is 32.9 Å². The van der Waals surface area contributed by atoms with Crippen LogP contribution in [-0.2, 0) is 19.7 Å². The summed E-state index contributed by atoms with van der Waals surface area (Å²) in [6, 6.07) is 12.7. The summed E-state index contributed by atoms with van der Waals surface area (Å²) >= 11 is 0. The van der Waals surface area contributed by atoms with Gasteiger partial charge in [0.05, 0.1) is 24.3 Å². The molecule has 210 valence electrons. The maximum absolute atomic E-state index is 13.5. The molecule has 2 aromatic rings. The number of likely N-dealkylation sites (tertiary alicyclic amines) is 1. The van der Waals surface area contributed by atoms with Crippen molar-refractivity contribution in [3.8, 4) is 5.75 Å². The minimum Gasteiger partial charge on any atom is -0.507 e. The summed E-state index contributed by atoms with van der Waals surface area (Å²) < 4.78 is 11.7. The molecule has 4 rings (SSSR count). The Morgan fingerprint density at radius 1 is 1.08 bits per heavy atom. The molecule has 0 bridgehead atoms. The Morgan fingerprint density at radius 3 is 2.33 bits per heavy atom. The summed E-state index contributed by atoms with van der Waals surface area (Å²) in [5.74, 6) is -0.708. The molecular formula is C32H42N2O5. The average Bonchev–Trinajstić information content (AvgIpc) is 3.52. The summed E-state index contributed by atoms with van der Waals surface area (Å²) in [5, 5.41) is 11.6. The highest BCUT2D eigenvalue weighted by molar-refractivity contribution is 6.46. The van der Waals surface area contributed by atoms with Gasteiger partial charge in [-0.15, -0.1) is 0 Å². The molecule has 0 aromatic heterocycles. The minimum absolute atomic E-state index is 0.109. The third-order valence-electron chi connectivity index (χ3n) is 7.66. The fourth-order valence-corrected chi connectivity index (χ4v) is 5.58. The van der Waals surface area contributed by atoms with Crippen LogP contribution in [0.4, 0.5) is 5.69 Å². The van der Waals surface area contributed by atoms with Crippen molar-refractivity contribution in [1.29, 1.82) is 0 Å². The Hall–Kier alpha value is -3.32. The maximum Gasteiger partial charge on any atom is 0.295 e. The fraction of sp³-hybridized carbons (Fsp3) is 0.500. The van der Waals surface area contributed by atoms with Crippen LogP contribution in [-0.4, -0.2) is 60.6 Å². The number of carbonyl (C=O) groups is 2. The average molecular weight is 535 g/mol. The van der Waals surface area contributed by atoms with Gasteiger partial charge in [0.1, 0.15) is 11.5 Å². The highest BCUT2D eigenvalue weighted by Crippen LogP contribution is 2.42. The lowest BCUT2D eigenvalue weighted by Gasteiger charge is -2.28. The highest BCUT2D eigenvalue weighted by atomic mass is 16.5. The zero-order chi connectivity index (χ0) is 28.3. The van der Waals surface area contributed by atoms with Crippen molar-refractivity contribution in [3.05, 3.63) is 64.7 Å². The number of rotatable bonds is 9. The molecule has 2 fully saturated rings. The normalized spacial score (nSPS) is 21.0. The predicted molar refractivity (Wildman–Crippen MR) is 154 cm³/mol. The van der Waals surface area contributed by atoms with Crippen LogP contribution in [0.3, 0.4) is 0 Å². The Balaban J connectivity index is 1.84. The van der Waals surface area contributed by atoms with Gasteiger partial charge in [0.25, 0.3) is 11.7 Å². The first kappa shape index (κ1) is 28.7. The first-order valence-corrected chi connectivity index (χ1v) is 14.1. The lowest BCUT2D eigenvalue weighted by atomic mass is 9.84. The lowest BCUT2D eigenvalue weighted by Crippen LogP contribution is -2.36. The van der Waals surface area contributed by atoms with Crippen LogP contribution >= 0.6 is 0 Å². The topological polar surface area (TPSA) is 79.3 Å². The van der Waals surface area contributed by atoms with Crippen molar-refractivity contribution in [2.45, 2.75) is 71.9 Å². The minimum atomic E-state index is -0.704. The second-order valence-electron chi connectivity index (χ2n) is 11.2. The number of ketones is 1. The molecule has 2 aliphatic rings. The maximum atomic E-state index is 13.5. The van der Waals surface area contributed by atoms with Gasteiger partial charge in [-0.3, -0.25) is 9.59 Å². The Bertz CT molecular complexity index is 1220. The molecule has 0 radical (unpaired) electrons. The number of anilines is 1. The van der Waals surface area contributed by atoms with Crippen molar-refractivity contribution < 1.29 is 24.2 Å². The smallest absolute Gasteiger partial charge is 0.295 e. The zero-order valence-corrected chi connectivity index (χ0v) is 24.1. The van der Waals surface area contributed by atoms with E-state index in [9.17, 15) is 14.7 Å². The van der Waals surface area contributed by atoms with E-state index in [1.54, 1.807) is 11.0 Å².